The molecule has 1 aliphatic heterocycles. The summed E-state index contributed by atoms with van der Waals surface area (Å²) in [6, 6.07) is 7.54. The molecule has 1 fully saturated rings. The third-order valence-electron chi connectivity index (χ3n) is 3.71. The second-order valence-electron chi connectivity index (χ2n) is 5.04. The molecular weight excluding hydrogens is 268 g/mol. The van der Waals surface area contributed by atoms with Crippen molar-refractivity contribution in [3.05, 3.63) is 24.3 Å². The van der Waals surface area contributed by atoms with Gasteiger partial charge in [-0.1, -0.05) is 19.1 Å². The third-order valence-corrected chi connectivity index (χ3v) is 3.71. The Balaban J connectivity index is 2.01. The highest BCUT2D eigenvalue weighted by Crippen LogP contribution is 2.26. The van der Waals surface area contributed by atoms with Crippen LogP contribution in [0.15, 0.2) is 24.3 Å². The first-order valence-electron chi connectivity index (χ1n) is 7.46. The predicted octanol–water partition coefficient (Wildman–Crippen LogP) is 0.942. The van der Waals surface area contributed by atoms with Gasteiger partial charge >= 0.3 is 6.03 Å². The Morgan fingerprint density at radius 1 is 1.24 bits per heavy atom. The van der Waals surface area contributed by atoms with E-state index in [0.29, 0.717) is 0 Å². The molecule has 116 valence electrons. The zero-order valence-corrected chi connectivity index (χ0v) is 12.5. The summed E-state index contributed by atoms with van der Waals surface area (Å²) in [5.74, 6) is 0. The summed E-state index contributed by atoms with van der Waals surface area (Å²) in [7, 11) is 0. The molecule has 2 rings (SSSR count). The van der Waals surface area contributed by atoms with Crippen LogP contribution in [0.4, 0.5) is 16.2 Å². The quantitative estimate of drug-likeness (QED) is 0.755. The summed E-state index contributed by atoms with van der Waals surface area (Å²) < 4.78 is 0. The molecular formula is C15H24N4O2. The van der Waals surface area contributed by atoms with E-state index in [1.165, 1.54) is 0 Å². The van der Waals surface area contributed by atoms with E-state index in [-0.39, 0.29) is 19.2 Å². The minimum Gasteiger partial charge on any atom is -0.395 e. The van der Waals surface area contributed by atoms with E-state index in [4.69, 9.17) is 5.11 Å². The summed E-state index contributed by atoms with van der Waals surface area (Å²) in [5.41, 5.74) is 1.85. The molecule has 0 bridgehead atoms. The van der Waals surface area contributed by atoms with Crippen molar-refractivity contribution in [2.75, 3.05) is 56.1 Å². The maximum atomic E-state index is 11.7. The highest BCUT2D eigenvalue weighted by atomic mass is 16.3. The monoisotopic (exact) mass is 292 g/mol. The number of para-hydroxylation sites is 2. The number of rotatable bonds is 5. The van der Waals surface area contributed by atoms with Crippen molar-refractivity contribution in [3.63, 3.8) is 0 Å². The first-order valence-corrected chi connectivity index (χ1v) is 7.46. The Morgan fingerprint density at radius 2 is 1.95 bits per heavy atom. The molecule has 0 saturated carbocycles. The fraction of sp³-hybridized carbons (Fsp3) is 0.533. The smallest absolute Gasteiger partial charge is 0.319 e. The van der Waals surface area contributed by atoms with Crippen LogP contribution in [0.2, 0.25) is 0 Å². The zero-order chi connectivity index (χ0) is 15.1. The van der Waals surface area contributed by atoms with Crippen molar-refractivity contribution in [1.82, 2.24) is 10.2 Å². The number of likely N-dealkylation sites (N-methyl/N-ethyl adjacent to an activating group) is 1. The topological polar surface area (TPSA) is 67.8 Å². The van der Waals surface area contributed by atoms with Crippen molar-refractivity contribution >= 4 is 17.4 Å². The summed E-state index contributed by atoms with van der Waals surface area (Å²) in [5, 5.41) is 14.2. The fourth-order valence-electron chi connectivity index (χ4n) is 2.50. The Morgan fingerprint density at radius 3 is 2.62 bits per heavy atom. The van der Waals surface area contributed by atoms with Gasteiger partial charge in [-0.15, -0.1) is 0 Å². The number of piperazine rings is 1. The number of aliphatic hydroxyl groups excluding tert-OH is 1. The van der Waals surface area contributed by atoms with Crippen molar-refractivity contribution in [2.24, 2.45) is 0 Å². The number of urea groups is 1. The predicted molar refractivity (Wildman–Crippen MR) is 84.9 cm³/mol. The second-order valence-corrected chi connectivity index (χ2v) is 5.04. The van der Waals surface area contributed by atoms with Crippen LogP contribution >= 0.6 is 0 Å². The van der Waals surface area contributed by atoms with Crippen LogP contribution < -0.4 is 15.5 Å². The number of carbonyl (C=O) groups excluding carboxylic acids is 1. The maximum absolute atomic E-state index is 11.7. The van der Waals surface area contributed by atoms with Gasteiger partial charge in [-0.2, -0.15) is 0 Å². The number of carbonyl (C=O) groups is 1. The van der Waals surface area contributed by atoms with E-state index in [9.17, 15) is 4.79 Å². The number of amides is 2. The molecule has 0 aromatic heterocycles. The van der Waals surface area contributed by atoms with Crippen LogP contribution in [0.25, 0.3) is 0 Å². The lowest BCUT2D eigenvalue weighted by atomic mass is 10.2. The molecule has 0 aliphatic carbocycles. The van der Waals surface area contributed by atoms with Crippen molar-refractivity contribution < 1.29 is 9.90 Å². The Hall–Kier alpha value is -1.79. The number of hydrogen-bond acceptors (Lipinski definition) is 4. The van der Waals surface area contributed by atoms with Gasteiger partial charge in [0.1, 0.15) is 0 Å². The van der Waals surface area contributed by atoms with E-state index in [2.05, 4.69) is 27.4 Å². The van der Waals surface area contributed by atoms with Gasteiger partial charge in [0.25, 0.3) is 0 Å². The lowest BCUT2D eigenvalue weighted by Crippen LogP contribution is -2.46. The van der Waals surface area contributed by atoms with Crippen LogP contribution in [0.5, 0.6) is 0 Å². The van der Waals surface area contributed by atoms with Crippen LogP contribution in [0.3, 0.4) is 0 Å². The molecule has 0 spiro atoms. The minimum atomic E-state index is -0.288. The first kappa shape index (κ1) is 15.6. The van der Waals surface area contributed by atoms with Gasteiger partial charge in [0, 0.05) is 32.7 Å². The Kier molecular flexibility index (Phi) is 5.83. The van der Waals surface area contributed by atoms with E-state index < -0.39 is 0 Å². The van der Waals surface area contributed by atoms with Crippen LogP contribution in [-0.4, -0.2) is 61.9 Å². The maximum Gasteiger partial charge on any atom is 0.319 e. The molecule has 1 heterocycles. The third kappa shape index (κ3) is 4.34. The van der Waals surface area contributed by atoms with Gasteiger partial charge in [0.2, 0.25) is 0 Å². The van der Waals surface area contributed by atoms with E-state index in [0.717, 1.165) is 44.1 Å². The Labute approximate surface area is 125 Å². The number of nitrogens with zero attached hydrogens (tertiary/aromatic N) is 2. The van der Waals surface area contributed by atoms with Crippen molar-refractivity contribution in [3.8, 4) is 0 Å². The highest BCUT2D eigenvalue weighted by molar-refractivity contribution is 5.93. The molecule has 0 atom stereocenters. The van der Waals surface area contributed by atoms with Gasteiger partial charge < -0.3 is 25.5 Å². The lowest BCUT2D eigenvalue weighted by Gasteiger charge is -2.36. The Bertz CT molecular complexity index is 459. The number of benzene rings is 1. The molecule has 2 amide bonds. The van der Waals surface area contributed by atoms with Crippen LogP contribution in [0.1, 0.15) is 6.92 Å². The van der Waals surface area contributed by atoms with Crippen LogP contribution in [-0.2, 0) is 0 Å². The summed E-state index contributed by atoms with van der Waals surface area (Å²) in [4.78, 5) is 16.5. The molecule has 3 N–H and O–H groups in total. The standard InChI is InChI=1S/C15H24N4O2/c1-2-18-8-10-19(11-9-18)14-6-4-3-5-13(14)17-15(21)16-7-12-20/h3-6,20H,2,7-12H2,1H3,(H2,16,17,21). The SMILES string of the molecule is CCN1CCN(c2ccccc2NC(=O)NCCO)CC1. The van der Waals surface area contributed by atoms with Gasteiger partial charge in [0.05, 0.1) is 18.0 Å². The second kappa shape index (κ2) is 7.85. The molecule has 21 heavy (non-hydrogen) atoms. The highest BCUT2D eigenvalue weighted by Gasteiger charge is 2.18. The minimum absolute atomic E-state index is 0.0615. The van der Waals surface area contributed by atoms with E-state index in [1.807, 2.05) is 24.3 Å². The molecule has 0 radical (unpaired) electrons. The first-order chi connectivity index (χ1) is 10.2. The van der Waals surface area contributed by atoms with Gasteiger partial charge in [-0.05, 0) is 18.7 Å². The lowest BCUT2D eigenvalue weighted by molar-refractivity contribution is 0.245. The van der Waals surface area contributed by atoms with Gasteiger partial charge in [0.15, 0.2) is 0 Å². The zero-order valence-electron chi connectivity index (χ0n) is 12.5. The van der Waals surface area contributed by atoms with Gasteiger partial charge in [-0.25, -0.2) is 4.79 Å². The normalized spacial score (nSPS) is 15.8. The molecule has 6 heteroatoms. The number of aliphatic hydroxyl groups is 1. The molecule has 0 unspecified atom stereocenters. The van der Waals surface area contributed by atoms with Gasteiger partial charge in [-0.3, -0.25) is 0 Å². The summed E-state index contributed by atoms with van der Waals surface area (Å²) in [6.07, 6.45) is 0. The number of hydrogen-bond donors (Lipinski definition) is 3. The summed E-state index contributed by atoms with van der Waals surface area (Å²) >= 11 is 0. The van der Waals surface area contributed by atoms with Crippen molar-refractivity contribution in [2.45, 2.75) is 6.92 Å². The van der Waals surface area contributed by atoms with E-state index in [1.54, 1.807) is 0 Å². The molecule has 1 aromatic rings. The fourth-order valence-corrected chi connectivity index (χ4v) is 2.50. The van der Waals surface area contributed by atoms with Crippen molar-refractivity contribution in [1.29, 1.82) is 0 Å². The van der Waals surface area contributed by atoms with Crippen LogP contribution in [0, 0.1) is 0 Å². The largest absolute Gasteiger partial charge is 0.395 e. The number of anilines is 2. The summed E-state index contributed by atoms with van der Waals surface area (Å²) in [6.45, 7) is 7.46. The molecule has 1 saturated heterocycles. The average molecular weight is 292 g/mol. The van der Waals surface area contributed by atoms with E-state index >= 15 is 0 Å². The molecule has 1 aromatic carbocycles. The molecule has 6 nitrogen and oxygen atoms in total. The molecule has 1 aliphatic rings. The number of nitrogens with one attached hydrogen (secondary N) is 2. The average Bonchev–Trinajstić information content (AvgIpc) is 2.53.